The minimum absolute atomic E-state index is 0.249. The van der Waals surface area contributed by atoms with Crippen molar-refractivity contribution in [3.8, 4) is 0 Å². The Morgan fingerprint density at radius 3 is 2.17 bits per heavy atom. The first-order valence-corrected chi connectivity index (χ1v) is 8.01. The van der Waals surface area contributed by atoms with E-state index < -0.39 is 38.1 Å². The summed E-state index contributed by atoms with van der Waals surface area (Å²) in [5.41, 5.74) is -2.85. The summed E-state index contributed by atoms with van der Waals surface area (Å²) in [6.07, 6.45) is -4.79. The predicted octanol–water partition coefficient (Wildman–Crippen LogP) is 4.07. The van der Waals surface area contributed by atoms with Gasteiger partial charge in [0.15, 0.2) is 0 Å². The molecule has 128 valence electrons. The van der Waals surface area contributed by atoms with Crippen LogP contribution in [0.1, 0.15) is 5.56 Å². The van der Waals surface area contributed by atoms with Gasteiger partial charge in [-0.1, -0.05) is 11.6 Å². The van der Waals surface area contributed by atoms with Crippen LogP contribution >= 0.6 is 11.6 Å². The van der Waals surface area contributed by atoms with Gasteiger partial charge < -0.3 is 0 Å². The van der Waals surface area contributed by atoms with Crippen LogP contribution in [0.2, 0.25) is 5.02 Å². The number of benzene rings is 2. The molecular formula is C13H8ClF3N2O4S. The first-order valence-electron chi connectivity index (χ1n) is 6.15. The molecule has 24 heavy (non-hydrogen) atoms. The summed E-state index contributed by atoms with van der Waals surface area (Å²) >= 11 is 5.64. The van der Waals surface area contributed by atoms with Crippen LogP contribution in [0.3, 0.4) is 0 Å². The lowest BCUT2D eigenvalue weighted by Gasteiger charge is -2.11. The van der Waals surface area contributed by atoms with Crippen molar-refractivity contribution in [2.45, 2.75) is 11.1 Å². The smallest absolute Gasteiger partial charge is 0.273 e. The van der Waals surface area contributed by atoms with Gasteiger partial charge in [0.2, 0.25) is 0 Å². The van der Waals surface area contributed by atoms with Crippen LogP contribution in [0.4, 0.5) is 24.5 Å². The summed E-state index contributed by atoms with van der Waals surface area (Å²) in [6, 6.07) is 6.39. The first-order chi connectivity index (χ1) is 11.0. The van der Waals surface area contributed by atoms with Crippen molar-refractivity contribution in [2.24, 2.45) is 0 Å². The molecule has 0 aliphatic carbocycles. The first kappa shape index (κ1) is 18.0. The number of sulfonamides is 1. The van der Waals surface area contributed by atoms with E-state index in [2.05, 4.69) is 0 Å². The van der Waals surface area contributed by atoms with E-state index in [0.29, 0.717) is 12.1 Å². The summed E-state index contributed by atoms with van der Waals surface area (Å²) in [4.78, 5) is 9.60. The highest BCUT2D eigenvalue weighted by molar-refractivity contribution is 7.92. The molecule has 0 amide bonds. The van der Waals surface area contributed by atoms with Crippen molar-refractivity contribution in [2.75, 3.05) is 4.72 Å². The van der Waals surface area contributed by atoms with Gasteiger partial charge in [0.1, 0.15) is 5.69 Å². The summed E-state index contributed by atoms with van der Waals surface area (Å²) < 4.78 is 64.1. The zero-order chi connectivity index (χ0) is 18.1. The fourth-order valence-corrected chi connectivity index (χ4v) is 2.96. The van der Waals surface area contributed by atoms with E-state index in [4.69, 9.17) is 11.6 Å². The van der Waals surface area contributed by atoms with Gasteiger partial charge in [-0.2, -0.15) is 13.2 Å². The summed E-state index contributed by atoms with van der Waals surface area (Å²) in [5.74, 6) is 0. The van der Waals surface area contributed by atoms with Crippen molar-refractivity contribution >= 4 is 33.0 Å². The van der Waals surface area contributed by atoms with Crippen LogP contribution in [0, 0.1) is 10.1 Å². The van der Waals surface area contributed by atoms with Crippen molar-refractivity contribution in [3.63, 3.8) is 0 Å². The van der Waals surface area contributed by atoms with Gasteiger partial charge in [0.05, 0.1) is 15.4 Å². The summed E-state index contributed by atoms with van der Waals surface area (Å²) in [7, 11) is -4.23. The van der Waals surface area contributed by atoms with E-state index in [-0.39, 0.29) is 16.0 Å². The Bertz CT molecular complexity index is 883. The van der Waals surface area contributed by atoms with E-state index in [1.165, 1.54) is 12.1 Å². The molecule has 11 heteroatoms. The Morgan fingerprint density at radius 2 is 1.67 bits per heavy atom. The molecule has 0 fully saturated rings. The highest BCUT2D eigenvalue weighted by Crippen LogP contribution is 2.35. The number of nitrogens with zero attached hydrogens (tertiary/aromatic N) is 1. The van der Waals surface area contributed by atoms with Crippen molar-refractivity contribution < 1.29 is 26.5 Å². The number of halogens is 4. The lowest BCUT2D eigenvalue weighted by atomic mass is 10.1. The highest BCUT2D eigenvalue weighted by Gasteiger charge is 2.33. The molecule has 2 rings (SSSR count). The molecular weight excluding hydrogens is 373 g/mol. The van der Waals surface area contributed by atoms with E-state index >= 15 is 0 Å². The van der Waals surface area contributed by atoms with E-state index in [0.717, 1.165) is 12.1 Å². The topological polar surface area (TPSA) is 89.3 Å². The third-order valence-electron chi connectivity index (χ3n) is 2.89. The molecule has 0 saturated heterocycles. The third kappa shape index (κ3) is 3.95. The number of alkyl halides is 3. The average molecular weight is 381 g/mol. The number of nitro groups is 1. The van der Waals surface area contributed by atoms with E-state index in [9.17, 15) is 31.7 Å². The van der Waals surface area contributed by atoms with Crippen LogP contribution in [0.5, 0.6) is 0 Å². The number of nitro benzene ring substituents is 1. The van der Waals surface area contributed by atoms with Crippen LogP contribution in [0.25, 0.3) is 0 Å². The maximum absolute atomic E-state index is 12.6. The zero-order valence-corrected chi connectivity index (χ0v) is 13.1. The largest absolute Gasteiger partial charge is 0.416 e. The molecule has 0 atom stereocenters. The number of hydrogen-bond donors (Lipinski definition) is 1. The second kappa shape index (κ2) is 6.29. The lowest BCUT2D eigenvalue weighted by molar-refractivity contribution is -0.384. The van der Waals surface area contributed by atoms with Crippen molar-refractivity contribution in [1.29, 1.82) is 0 Å². The summed E-state index contributed by atoms with van der Waals surface area (Å²) in [5, 5.41) is 11.2. The molecule has 6 nitrogen and oxygen atoms in total. The number of anilines is 1. The Morgan fingerprint density at radius 1 is 1.08 bits per heavy atom. The van der Waals surface area contributed by atoms with Gasteiger partial charge >= 0.3 is 6.18 Å². The van der Waals surface area contributed by atoms with E-state index in [1.807, 2.05) is 4.72 Å². The van der Waals surface area contributed by atoms with Gasteiger partial charge in [0, 0.05) is 11.1 Å². The molecule has 0 aliphatic rings. The fraction of sp³-hybridized carbons (Fsp3) is 0.0769. The monoisotopic (exact) mass is 380 g/mol. The minimum Gasteiger partial charge on any atom is -0.273 e. The SMILES string of the molecule is O=[N+]([O-])c1cc(C(F)(F)F)ccc1NS(=O)(=O)c1ccc(Cl)cc1. The Kier molecular flexibility index (Phi) is 4.72. The standard InChI is InChI=1S/C13H8ClF3N2O4S/c14-9-2-4-10(5-3-9)24(22,23)18-11-6-1-8(13(15,16)17)7-12(11)19(20)21/h1-7,18H. The maximum atomic E-state index is 12.6. The molecule has 0 spiro atoms. The number of rotatable bonds is 4. The van der Waals surface area contributed by atoms with Crippen LogP contribution in [-0.2, 0) is 16.2 Å². The van der Waals surface area contributed by atoms with Gasteiger partial charge in [-0.15, -0.1) is 0 Å². The van der Waals surface area contributed by atoms with Crippen molar-refractivity contribution in [3.05, 3.63) is 63.2 Å². The van der Waals surface area contributed by atoms with Crippen LogP contribution in [-0.4, -0.2) is 13.3 Å². The normalized spacial score (nSPS) is 12.0. The number of hydrogen-bond acceptors (Lipinski definition) is 4. The second-order valence-corrected chi connectivity index (χ2v) is 6.67. The van der Waals surface area contributed by atoms with Crippen molar-refractivity contribution in [1.82, 2.24) is 0 Å². The molecule has 1 N–H and O–H groups in total. The van der Waals surface area contributed by atoms with E-state index in [1.54, 1.807) is 0 Å². The predicted molar refractivity (Wildman–Crippen MR) is 80.4 cm³/mol. The molecule has 0 saturated carbocycles. The molecule has 0 radical (unpaired) electrons. The van der Waals surface area contributed by atoms with Crippen LogP contribution < -0.4 is 4.72 Å². The zero-order valence-electron chi connectivity index (χ0n) is 11.5. The molecule has 2 aromatic carbocycles. The Hall–Kier alpha value is -2.33. The molecule has 0 bridgehead atoms. The lowest BCUT2D eigenvalue weighted by Crippen LogP contribution is -2.15. The molecule has 0 heterocycles. The van der Waals surface area contributed by atoms with Gasteiger partial charge in [-0.05, 0) is 36.4 Å². The molecule has 0 aromatic heterocycles. The maximum Gasteiger partial charge on any atom is 0.416 e. The van der Waals surface area contributed by atoms with Gasteiger partial charge in [-0.25, -0.2) is 8.42 Å². The molecule has 0 unspecified atom stereocenters. The summed E-state index contributed by atoms with van der Waals surface area (Å²) in [6.45, 7) is 0. The Balaban J connectivity index is 2.45. The van der Waals surface area contributed by atoms with Gasteiger partial charge in [-0.3, -0.25) is 14.8 Å². The average Bonchev–Trinajstić information content (AvgIpc) is 2.46. The quantitative estimate of drug-likeness (QED) is 0.639. The molecule has 2 aromatic rings. The number of nitrogens with one attached hydrogen (secondary N) is 1. The minimum atomic E-state index is -4.79. The van der Waals surface area contributed by atoms with Crippen LogP contribution in [0.15, 0.2) is 47.4 Å². The second-order valence-electron chi connectivity index (χ2n) is 4.55. The fourth-order valence-electron chi connectivity index (χ4n) is 1.76. The molecule has 0 aliphatic heterocycles. The highest BCUT2D eigenvalue weighted by atomic mass is 35.5. The van der Waals surface area contributed by atoms with Gasteiger partial charge in [0.25, 0.3) is 15.7 Å². The Labute approximate surface area is 139 Å². The third-order valence-corrected chi connectivity index (χ3v) is 4.52.